The standard InChI is InChI=1S/Cu.3O.Sn/q;;2*-1;. The molecular formula is CuO3Sn-2. The molecule has 1 radical (unpaired) electrons. The fourth-order valence-electron chi connectivity index (χ4n) is 0. The van der Waals surface area contributed by atoms with Crippen LogP contribution in [0, 0.1) is 0 Å². The molecule has 0 aromatic carbocycles. The maximum atomic E-state index is 8.61. The zero-order chi connectivity index (χ0) is 3.58. The van der Waals surface area contributed by atoms with Crippen LogP contribution in [0.25, 0.3) is 0 Å². The summed E-state index contributed by atoms with van der Waals surface area (Å²) < 4.78 is 25.8. The molecule has 0 spiro atoms. The predicted molar refractivity (Wildman–Crippen MR) is 6.44 cm³/mol. The van der Waals surface area contributed by atoms with Crippen LogP contribution in [-0.4, -0.2) is 20.6 Å². The molecular weight excluding hydrogens is 230 g/mol. The van der Waals surface area contributed by atoms with E-state index in [0.717, 1.165) is 0 Å². The third-order valence-electron chi connectivity index (χ3n) is 0. The van der Waals surface area contributed by atoms with Gasteiger partial charge in [-0.15, -0.1) is 0 Å². The van der Waals surface area contributed by atoms with E-state index in [4.69, 9.17) is 9.96 Å². The Morgan fingerprint density at radius 2 is 1.40 bits per heavy atom. The molecule has 5 heavy (non-hydrogen) atoms. The van der Waals surface area contributed by atoms with E-state index in [1.165, 1.54) is 0 Å². The number of hydrogen-bond acceptors (Lipinski definition) is 3. The molecule has 0 unspecified atom stereocenters. The molecule has 0 aliphatic carbocycles. The van der Waals surface area contributed by atoms with Crippen molar-refractivity contribution >= 4 is 20.6 Å². The van der Waals surface area contributed by atoms with Crippen molar-refractivity contribution in [1.82, 2.24) is 0 Å². The summed E-state index contributed by atoms with van der Waals surface area (Å²) in [6.07, 6.45) is 0. The first-order chi connectivity index (χ1) is 1.73. The van der Waals surface area contributed by atoms with E-state index >= 15 is 0 Å². The molecule has 0 aromatic rings. The molecule has 0 rings (SSSR count). The van der Waals surface area contributed by atoms with Gasteiger partial charge >= 0.3 is 30.5 Å². The van der Waals surface area contributed by atoms with Crippen LogP contribution in [0.3, 0.4) is 0 Å². The zero-order valence-electron chi connectivity index (χ0n) is 2.03. The quantitative estimate of drug-likeness (QED) is 0.420. The Morgan fingerprint density at radius 1 is 1.40 bits per heavy atom. The fraction of sp³-hybridized carbons (Fsp3) is 0. The predicted octanol–water partition coefficient (Wildman–Crippen LogP) is -2.88. The second-order valence-electron chi connectivity index (χ2n) is 0.250. The average molecular weight is 230 g/mol. The summed E-state index contributed by atoms with van der Waals surface area (Å²) >= 11 is -4.29. The van der Waals surface area contributed by atoms with Crippen LogP contribution in [-0.2, 0) is 20.1 Å². The van der Waals surface area contributed by atoms with Gasteiger partial charge < -0.3 is 0 Å². The van der Waals surface area contributed by atoms with E-state index < -0.39 is 20.6 Å². The van der Waals surface area contributed by atoms with Crippen molar-refractivity contribution in [2.45, 2.75) is 0 Å². The third-order valence-corrected chi connectivity index (χ3v) is 0. The van der Waals surface area contributed by atoms with Gasteiger partial charge in [-0.2, -0.15) is 0 Å². The Hall–Kier alpha value is 1.04. The molecule has 0 atom stereocenters. The van der Waals surface area contributed by atoms with E-state index in [-0.39, 0.29) is 17.1 Å². The summed E-state index contributed by atoms with van der Waals surface area (Å²) in [5.41, 5.74) is 0. The van der Waals surface area contributed by atoms with Gasteiger partial charge in [0.25, 0.3) is 0 Å². The van der Waals surface area contributed by atoms with Crippen molar-refractivity contribution in [3.63, 3.8) is 0 Å². The van der Waals surface area contributed by atoms with Gasteiger partial charge in [0, 0.05) is 17.1 Å². The Balaban J connectivity index is 0. The van der Waals surface area contributed by atoms with Crippen LogP contribution in [0.4, 0.5) is 0 Å². The van der Waals surface area contributed by atoms with Gasteiger partial charge in [-0.05, 0) is 0 Å². The molecule has 0 aliphatic heterocycles. The topological polar surface area (TPSA) is 63.2 Å². The Kier molecular flexibility index (Phi) is 9.47. The minimum atomic E-state index is -4.29. The summed E-state index contributed by atoms with van der Waals surface area (Å²) in [5, 5.41) is 0. The van der Waals surface area contributed by atoms with Crippen LogP contribution in [0.15, 0.2) is 0 Å². The van der Waals surface area contributed by atoms with E-state index in [0.29, 0.717) is 0 Å². The average Bonchev–Trinajstić information content (AvgIpc) is 0.811. The van der Waals surface area contributed by atoms with Crippen molar-refractivity contribution in [3.05, 3.63) is 0 Å². The molecule has 0 saturated heterocycles. The Labute approximate surface area is 47.7 Å². The second kappa shape index (κ2) is 5.04. The van der Waals surface area contributed by atoms with Crippen LogP contribution in [0.2, 0.25) is 0 Å². The Morgan fingerprint density at radius 3 is 1.40 bits per heavy atom. The van der Waals surface area contributed by atoms with Crippen LogP contribution in [0.1, 0.15) is 0 Å². The molecule has 0 heterocycles. The number of hydrogen-bond donors (Lipinski definition) is 0. The first kappa shape index (κ1) is 9.40. The molecule has 0 N–H and O–H groups in total. The van der Waals surface area contributed by atoms with E-state index in [1.54, 1.807) is 0 Å². The van der Waals surface area contributed by atoms with E-state index in [9.17, 15) is 0 Å². The van der Waals surface area contributed by atoms with Crippen molar-refractivity contribution in [2.75, 3.05) is 0 Å². The molecule has 0 amide bonds. The first-order valence-electron chi connectivity index (χ1n) is 0.612. The number of rotatable bonds is 0. The molecule has 0 aromatic heterocycles. The Bertz CT molecular complexity index is 29.9. The maximum absolute atomic E-state index is 8.61. The molecule has 5 heteroatoms. The third kappa shape index (κ3) is 43.1. The van der Waals surface area contributed by atoms with Gasteiger partial charge in [0.2, 0.25) is 0 Å². The zero-order valence-corrected chi connectivity index (χ0v) is 5.82. The molecule has 0 aliphatic rings. The van der Waals surface area contributed by atoms with Crippen molar-refractivity contribution in [3.8, 4) is 0 Å². The van der Waals surface area contributed by atoms with Crippen LogP contribution in [0.5, 0.6) is 0 Å². The monoisotopic (exact) mass is 231 g/mol. The van der Waals surface area contributed by atoms with Crippen molar-refractivity contribution in [1.29, 1.82) is 0 Å². The van der Waals surface area contributed by atoms with Gasteiger partial charge in [-0.25, -0.2) is 0 Å². The van der Waals surface area contributed by atoms with E-state index in [1.807, 2.05) is 0 Å². The summed E-state index contributed by atoms with van der Waals surface area (Å²) in [4.78, 5) is 0. The van der Waals surface area contributed by atoms with Crippen molar-refractivity contribution < 1.29 is 27.0 Å². The molecule has 3 nitrogen and oxygen atoms in total. The SMILES string of the molecule is [Cu].[O]=[Sn]([O-])[O-]. The summed E-state index contributed by atoms with van der Waals surface area (Å²) in [5.74, 6) is 0. The van der Waals surface area contributed by atoms with Gasteiger partial charge in [0.05, 0.1) is 0 Å². The van der Waals surface area contributed by atoms with Gasteiger partial charge in [-0.1, -0.05) is 0 Å². The molecule has 0 bridgehead atoms. The van der Waals surface area contributed by atoms with Crippen LogP contribution >= 0.6 is 0 Å². The van der Waals surface area contributed by atoms with Gasteiger partial charge in [0.15, 0.2) is 0 Å². The fourth-order valence-corrected chi connectivity index (χ4v) is 0. The minimum absolute atomic E-state index is 0. The van der Waals surface area contributed by atoms with Gasteiger partial charge in [0.1, 0.15) is 0 Å². The second-order valence-corrected chi connectivity index (χ2v) is 1.68. The summed E-state index contributed by atoms with van der Waals surface area (Å²) in [6.45, 7) is 0. The molecule has 35 valence electrons. The van der Waals surface area contributed by atoms with Gasteiger partial charge in [-0.3, -0.25) is 0 Å². The summed E-state index contributed by atoms with van der Waals surface area (Å²) in [7, 11) is 0. The first-order valence-corrected chi connectivity index (χ1v) is 4.11. The molecule has 0 saturated carbocycles. The van der Waals surface area contributed by atoms with Crippen molar-refractivity contribution in [2.24, 2.45) is 0 Å². The normalized spacial score (nSPS) is 5.20. The summed E-state index contributed by atoms with van der Waals surface area (Å²) in [6, 6.07) is 0. The molecule has 0 fully saturated rings. The van der Waals surface area contributed by atoms with E-state index in [2.05, 4.69) is 0 Å². The van der Waals surface area contributed by atoms with Crippen LogP contribution < -0.4 is 6.89 Å².